The third-order valence-corrected chi connectivity index (χ3v) is 3.43. The standard InChI is InChI=1S/C14H13Cl2NO5/c1-20-13(18)11-6-22-7-17(12(11)14(19)21-2)10-4-8(15)3-9(16)5-10/h3-5H,6-7H2,1-2H3. The number of anilines is 1. The van der Waals surface area contributed by atoms with Crippen LogP contribution in [-0.4, -0.2) is 39.5 Å². The summed E-state index contributed by atoms with van der Waals surface area (Å²) in [5.41, 5.74) is 0.606. The van der Waals surface area contributed by atoms with Gasteiger partial charge in [0.1, 0.15) is 12.4 Å². The summed E-state index contributed by atoms with van der Waals surface area (Å²) >= 11 is 12.0. The summed E-state index contributed by atoms with van der Waals surface area (Å²) in [6.45, 7) is -0.0104. The van der Waals surface area contributed by atoms with E-state index in [1.54, 1.807) is 18.2 Å². The van der Waals surface area contributed by atoms with Crippen molar-refractivity contribution >= 4 is 40.8 Å². The fourth-order valence-electron chi connectivity index (χ4n) is 2.04. The number of halogens is 2. The van der Waals surface area contributed by atoms with E-state index in [0.29, 0.717) is 15.7 Å². The first-order valence-electron chi connectivity index (χ1n) is 6.19. The molecule has 0 atom stereocenters. The van der Waals surface area contributed by atoms with Crippen LogP contribution < -0.4 is 4.90 Å². The van der Waals surface area contributed by atoms with Crippen LogP contribution in [0.25, 0.3) is 0 Å². The van der Waals surface area contributed by atoms with Crippen molar-refractivity contribution in [3.63, 3.8) is 0 Å². The maximum Gasteiger partial charge on any atom is 0.355 e. The number of benzene rings is 1. The van der Waals surface area contributed by atoms with E-state index in [9.17, 15) is 9.59 Å². The molecule has 0 saturated carbocycles. The molecule has 0 spiro atoms. The molecule has 1 aliphatic heterocycles. The van der Waals surface area contributed by atoms with Crippen LogP contribution in [0, 0.1) is 0 Å². The van der Waals surface area contributed by atoms with E-state index in [4.69, 9.17) is 32.7 Å². The Labute approximate surface area is 137 Å². The minimum atomic E-state index is -0.681. The quantitative estimate of drug-likeness (QED) is 0.783. The number of carbonyl (C=O) groups is 2. The summed E-state index contributed by atoms with van der Waals surface area (Å²) in [5, 5.41) is 0.772. The van der Waals surface area contributed by atoms with Crippen LogP contribution in [0.3, 0.4) is 0 Å². The van der Waals surface area contributed by atoms with Crippen LogP contribution in [0.5, 0.6) is 0 Å². The highest BCUT2D eigenvalue weighted by atomic mass is 35.5. The lowest BCUT2D eigenvalue weighted by molar-refractivity contribution is -0.140. The molecule has 2 rings (SSSR count). The Bertz CT molecular complexity index is 624. The normalized spacial score (nSPS) is 14.8. The minimum absolute atomic E-state index is 0.0407. The number of nitrogens with zero attached hydrogens (tertiary/aromatic N) is 1. The fourth-order valence-corrected chi connectivity index (χ4v) is 2.56. The van der Waals surface area contributed by atoms with E-state index < -0.39 is 11.9 Å². The number of hydrogen-bond donors (Lipinski definition) is 0. The fraction of sp³-hybridized carbons (Fsp3) is 0.286. The highest BCUT2D eigenvalue weighted by molar-refractivity contribution is 6.35. The maximum absolute atomic E-state index is 12.1. The molecule has 0 unspecified atom stereocenters. The Kier molecular flexibility index (Phi) is 5.28. The Balaban J connectivity index is 2.57. The molecule has 1 aromatic carbocycles. The van der Waals surface area contributed by atoms with Crippen molar-refractivity contribution in [3.8, 4) is 0 Å². The molecule has 0 radical (unpaired) electrons. The molecule has 0 bridgehead atoms. The summed E-state index contributed by atoms with van der Waals surface area (Å²) in [4.78, 5) is 25.4. The van der Waals surface area contributed by atoms with Crippen molar-refractivity contribution in [2.24, 2.45) is 0 Å². The van der Waals surface area contributed by atoms with Gasteiger partial charge in [0.15, 0.2) is 0 Å². The van der Waals surface area contributed by atoms with Crippen LogP contribution >= 0.6 is 23.2 Å². The number of methoxy groups -OCH3 is 2. The van der Waals surface area contributed by atoms with Crippen molar-refractivity contribution < 1.29 is 23.8 Å². The van der Waals surface area contributed by atoms with Gasteiger partial charge in [0.25, 0.3) is 0 Å². The van der Waals surface area contributed by atoms with Gasteiger partial charge >= 0.3 is 11.9 Å². The van der Waals surface area contributed by atoms with Gasteiger partial charge in [-0.2, -0.15) is 0 Å². The van der Waals surface area contributed by atoms with E-state index in [0.717, 1.165) is 0 Å². The zero-order chi connectivity index (χ0) is 16.3. The third-order valence-electron chi connectivity index (χ3n) is 2.99. The van der Waals surface area contributed by atoms with Crippen LogP contribution in [0.1, 0.15) is 0 Å². The molecule has 6 nitrogen and oxygen atoms in total. The molecule has 1 aromatic rings. The van der Waals surface area contributed by atoms with Crippen molar-refractivity contribution in [1.82, 2.24) is 0 Å². The first kappa shape index (κ1) is 16.6. The molecule has 0 N–H and O–H groups in total. The van der Waals surface area contributed by atoms with Gasteiger partial charge in [-0.1, -0.05) is 23.2 Å². The molecule has 0 fully saturated rings. The predicted octanol–water partition coefficient (Wildman–Crippen LogP) is 2.39. The predicted molar refractivity (Wildman–Crippen MR) is 80.8 cm³/mol. The minimum Gasteiger partial charge on any atom is -0.466 e. The Morgan fingerprint density at radius 1 is 1.09 bits per heavy atom. The maximum atomic E-state index is 12.1. The summed E-state index contributed by atoms with van der Waals surface area (Å²) in [6, 6.07) is 4.75. The number of rotatable bonds is 3. The monoisotopic (exact) mass is 345 g/mol. The summed E-state index contributed by atoms with van der Waals surface area (Å²) in [7, 11) is 2.45. The number of hydrogen-bond acceptors (Lipinski definition) is 6. The van der Waals surface area contributed by atoms with Crippen molar-refractivity contribution in [2.75, 3.05) is 32.5 Å². The molecule has 1 aliphatic rings. The van der Waals surface area contributed by atoms with E-state index in [1.165, 1.54) is 19.1 Å². The van der Waals surface area contributed by atoms with Crippen LogP contribution in [0.4, 0.5) is 5.69 Å². The van der Waals surface area contributed by atoms with Gasteiger partial charge in [0.05, 0.1) is 26.4 Å². The number of carbonyl (C=O) groups excluding carboxylic acids is 2. The second kappa shape index (κ2) is 7.00. The SMILES string of the molecule is COC(=O)C1=C(C(=O)OC)N(c2cc(Cl)cc(Cl)c2)COC1. The molecule has 118 valence electrons. The number of ether oxygens (including phenoxy) is 3. The molecule has 0 amide bonds. The molecule has 0 aliphatic carbocycles. The first-order chi connectivity index (χ1) is 10.5. The van der Waals surface area contributed by atoms with Crippen LogP contribution in [-0.2, 0) is 23.8 Å². The lowest BCUT2D eigenvalue weighted by Gasteiger charge is -2.31. The van der Waals surface area contributed by atoms with Crippen LogP contribution in [0.2, 0.25) is 10.0 Å². The van der Waals surface area contributed by atoms with Crippen molar-refractivity contribution in [2.45, 2.75) is 0 Å². The summed E-state index contributed by atoms with van der Waals surface area (Å²) in [5.74, 6) is -1.35. The average Bonchev–Trinajstić information content (AvgIpc) is 2.51. The Morgan fingerprint density at radius 2 is 1.68 bits per heavy atom. The highest BCUT2D eigenvalue weighted by Gasteiger charge is 2.32. The van der Waals surface area contributed by atoms with E-state index in [1.807, 2.05) is 0 Å². The Morgan fingerprint density at radius 3 is 2.23 bits per heavy atom. The van der Waals surface area contributed by atoms with Gasteiger partial charge in [0.2, 0.25) is 0 Å². The van der Waals surface area contributed by atoms with E-state index in [2.05, 4.69) is 4.74 Å². The highest BCUT2D eigenvalue weighted by Crippen LogP contribution is 2.31. The summed E-state index contributed by atoms with van der Waals surface area (Å²) in [6.07, 6.45) is 0. The molecule has 0 saturated heterocycles. The lowest BCUT2D eigenvalue weighted by Crippen LogP contribution is -2.38. The topological polar surface area (TPSA) is 65.1 Å². The average molecular weight is 346 g/mol. The zero-order valence-electron chi connectivity index (χ0n) is 11.9. The lowest BCUT2D eigenvalue weighted by atomic mass is 10.1. The van der Waals surface area contributed by atoms with Gasteiger partial charge in [-0.25, -0.2) is 9.59 Å². The largest absolute Gasteiger partial charge is 0.466 e. The first-order valence-corrected chi connectivity index (χ1v) is 6.94. The van der Waals surface area contributed by atoms with E-state index >= 15 is 0 Å². The second-order valence-electron chi connectivity index (χ2n) is 4.34. The Hall–Kier alpha value is -1.76. The molecule has 0 aromatic heterocycles. The van der Waals surface area contributed by atoms with E-state index in [-0.39, 0.29) is 24.6 Å². The molecular weight excluding hydrogens is 333 g/mol. The summed E-state index contributed by atoms with van der Waals surface area (Å²) < 4.78 is 14.8. The van der Waals surface area contributed by atoms with Crippen LogP contribution in [0.15, 0.2) is 29.5 Å². The molecule has 8 heteroatoms. The van der Waals surface area contributed by atoms with Gasteiger partial charge < -0.3 is 19.1 Å². The number of esters is 2. The molecule has 1 heterocycles. The van der Waals surface area contributed by atoms with Crippen molar-refractivity contribution in [1.29, 1.82) is 0 Å². The van der Waals surface area contributed by atoms with Crippen molar-refractivity contribution in [3.05, 3.63) is 39.5 Å². The molecule has 22 heavy (non-hydrogen) atoms. The zero-order valence-corrected chi connectivity index (χ0v) is 13.4. The smallest absolute Gasteiger partial charge is 0.355 e. The molecular formula is C14H13Cl2NO5. The second-order valence-corrected chi connectivity index (χ2v) is 5.22. The third kappa shape index (κ3) is 3.35. The van der Waals surface area contributed by atoms with Gasteiger partial charge in [-0.3, -0.25) is 0 Å². The van der Waals surface area contributed by atoms with Gasteiger partial charge in [0, 0.05) is 15.7 Å². The van der Waals surface area contributed by atoms with Gasteiger partial charge in [-0.15, -0.1) is 0 Å². The van der Waals surface area contributed by atoms with Gasteiger partial charge in [-0.05, 0) is 18.2 Å².